The molecule has 120 valence electrons. The number of carbonyl (C=O) groups excluding carboxylic acids is 1. The molecule has 0 saturated heterocycles. The lowest BCUT2D eigenvalue weighted by Gasteiger charge is -2.02. The molecule has 0 saturated carbocycles. The Morgan fingerprint density at radius 2 is 2.17 bits per heavy atom. The number of anilines is 1. The van der Waals surface area contributed by atoms with Gasteiger partial charge in [-0.3, -0.25) is 5.32 Å². The van der Waals surface area contributed by atoms with E-state index in [0.29, 0.717) is 4.96 Å². The van der Waals surface area contributed by atoms with Crippen molar-refractivity contribution in [1.29, 1.82) is 0 Å². The molecule has 0 unspecified atom stereocenters. The third-order valence-corrected chi connectivity index (χ3v) is 3.96. The molecule has 0 fully saturated rings. The highest BCUT2D eigenvalue weighted by Gasteiger charge is 2.13. The highest BCUT2D eigenvalue weighted by atomic mass is 35.5. The molecule has 3 rings (SSSR count). The lowest BCUT2D eigenvalue weighted by molar-refractivity contribution is 0.168. The SMILES string of the molecule is COc1ccc(-c2csc3nc(NC(=O)OCCCl)nn23)cc1. The third kappa shape index (κ3) is 3.38. The van der Waals surface area contributed by atoms with Crippen LogP contribution in [0.4, 0.5) is 10.7 Å². The number of alkyl halides is 1. The van der Waals surface area contributed by atoms with E-state index in [1.807, 2.05) is 29.6 Å². The number of fused-ring (bicyclic) bond motifs is 1. The first-order chi connectivity index (χ1) is 11.2. The van der Waals surface area contributed by atoms with Crippen LogP contribution in [0.1, 0.15) is 0 Å². The smallest absolute Gasteiger partial charge is 0.414 e. The number of nitrogens with one attached hydrogen (secondary N) is 1. The van der Waals surface area contributed by atoms with Crippen LogP contribution in [0.25, 0.3) is 16.2 Å². The van der Waals surface area contributed by atoms with Crippen LogP contribution < -0.4 is 10.1 Å². The van der Waals surface area contributed by atoms with E-state index in [1.165, 1.54) is 11.3 Å². The topological polar surface area (TPSA) is 77.8 Å². The predicted octanol–water partition coefficient (Wildman–Crippen LogP) is 3.25. The minimum atomic E-state index is -0.630. The van der Waals surface area contributed by atoms with E-state index in [-0.39, 0.29) is 18.4 Å². The second-order valence-corrected chi connectivity index (χ2v) is 5.64. The first kappa shape index (κ1) is 15.6. The van der Waals surface area contributed by atoms with Gasteiger partial charge in [-0.05, 0) is 24.3 Å². The summed E-state index contributed by atoms with van der Waals surface area (Å²) in [6, 6.07) is 7.62. The van der Waals surface area contributed by atoms with Crippen molar-refractivity contribution in [2.75, 3.05) is 24.9 Å². The van der Waals surface area contributed by atoms with E-state index in [2.05, 4.69) is 15.4 Å². The number of halogens is 1. The van der Waals surface area contributed by atoms with Crippen molar-refractivity contribution in [3.8, 4) is 17.0 Å². The van der Waals surface area contributed by atoms with Gasteiger partial charge in [0.2, 0.25) is 4.96 Å². The number of hydrogen-bond donors (Lipinski definition) is 1. The lowest BCUT2D eigenvalue weighted by Crippen LogP contribution is -2.15. The first-order valence-corrected chi connectivity index (χ1v) is 8.11. The summed E-state index contributed by atoms with van der Waals surface area (Å²) in [6.45, 7) is 0.132. The monoisotopic (exact) mass is 352 g/mol. The molecule has 1 aromatic carbocycles. The zero-order valence-electron chi connectivity index (χ0n) is 12.2. The number of methoxy groups -OCH3 is 1. The second-order valence-electron chi connectivity index (χ2n) is 4.43. The molecule has 1 N–H and O–H groups in total. The minimum Gasteiger partial charge on any atom is -0.497 e. The zero-order chi connectivity index (χ0) is 16.2. The molecule has 0 aliphatic heterocycles. The molecule has 0 spiro atoms. The van der Waals surface area contributed by atoms with E-state index in [1.54, 1.807) is 11.6 Å². The summed E-state index contributed by atoms with van der Waals surface area (Å²) in [7, 11) is 1.62. The van der Waals surface area contributed by atoms with Crippen LogP contribution in [0, 0.1) is 0 Å². The maximum absolute atomic E-state index is 11.5. The van der Waals surface area contributed by atoms with Crippen LogP contribution in [-0.4, -0.2) is 40.3 Å². The largest absolute Gasteiger partial charge is 0.497 e. The second kappa shape index (κ2) is 6.84. The quantitative estimate of drug-likeness (QED) is 0.713. The van der Waals surface area contributed by atoms with Gasteiger partial charge < -0.3 is 9.47 Å². The standard InChI is InChI=1S/C14H13ClN4O3S/c1-21-10-4-2-9(3-5-10)11-8-23-13-16-12(18-19(11)13)17-14(20)22-7-6-15/h2-5,8H,6-7H2,1H3,(H,17,18,20). The van der Waals surface area contributed by atoms with Gasteiger partial charge in [0.15, 0.2) is 0 Å². The molecule has 23 heavy (non-hydrogen) atoms. The summed E-state index contributed by atoms with van der Waals surface area (Å²) in [5.41, 5.74) is 1.85. The van der Waals surface area contributed by atoms with Gasteiger partial charge in [-0.25, -0.2) is 9.31 Å². The van der Waals surface area contributed by atoms with Gasteiger partial charge >= 0.3 is 6.09 Å². The van der Waals surface area contributed by atoms with Gasteiger partial charge in [0.25, 0.3) is 5.95 Å². The highest BCUT2D eigenvalue weighted by Crippen LogP contribution is 2.27. The first-order valence-electron chi connectivity index (χ1n) is 6.69. The molecule has 0 atom stereocenters. The molecule has 2 heterocycles. The van der Waals surface area contributed by atoms with Gasteiger partial charge in [-0.15, -0.1) is 28.0 Å². The Bertz CT molecular complexity index is 815. The van der Waals surface area contributed by atoms with Crippen LogP contribution in [0.15, 0.2) is 29.6 Å². The van der Waals surface area contributed by atoms with Gasteiger partial charge in [0, 0.05) is 10.9 Å². The van der Waals surface area contributed by atoms with Crippen molar-refractivity contribution < 1.29 is 14.3 Å². The van der Waals surface area contributed by atoms with Crippen molar-refractivity contribution >= 4 is 39.9 Å². The van der Waals surface area contributed by atoms with Crippen molar-refractivity contribution in [1.82, 2.24) is 14.6 Å². The normalized spacial score (nSPS) is 10.7. The average Bonchev–Trinajstić information content (AvgIpc) is 3.13. The number of ether oxygens (including phenoxy) is 2. The third-order valence-electron chi connectivity index (χ3n) is 2.99. The average molecular weight is 353 g/mol. The van der Waals surface area contributed by atoms with E-state index in [0.717, 1.165) is 17.0 Å². The predicted molar refractivity (Wildman–Crippen MR) is 88.5 cm³/mol. The zero-order valence-corrected chi connectivity index (χ0v) is 13.7. The van der Waals surface area contributed by atoms with Gasteiger partial charge in [0.05, 0.1) is 18.7 Å². The Morgan fingerprint density at radius 1 is 1.39 bits per heavy atom. The summed E-state index contributed by atoms with van der Waals surface area (Å²) in [6.07, 6.45) is -0.630. The van der Waals surface area contributed by atoms with Crippen molar-refractivity contribution in [2.45, 2.75) is 0 Å². The van der Waals surface area contributed by atoms with Gasteiger partial charge in [0.1, 0.15) is 12.4 Å². The minimum absolute atomic E-state index is 0.132. The Morgan fingerprint density at radius 3 is 2.87 bits per heavy atom. The van der Waals surface area contributed by atoms with Crippen LogP contribution in [0.5, 0.6) is 5.75 Å². The maximum Gasteiger partial charge on any atom is 0.414 e. The van der Waals surface area contributed by atoms with Crippen LogP contribution in [0.3, 0.4) is 0 Å². The fraction of sp³-hybridized carbons (Fsp3) is 0.214. The molecular formula is C14H13ClN4O3S. The van der Waals surface area contributed by atoms with E-state index < -0.39 is 6.09 Å². The number of rotatable bonds is 5. The fourth-order valence-electron chi connectivity index (χ4n) is 1.95. The number of carbonyl (C=O) groups is 1. The number of thiazole rings is 1. The lowest BCUT2D eigenvalue weighted by atomic mass is 10.2. The highest BCUT2D eigenvalue weighted by molar-refractivity contribution is 7.15. The molecule has 9 heteroatoms. The number of benzene rings is 1. The Hall–Kier alpha value is -2.32. The summed E-state index contributed by atoms with van der Waals surface area (Å²) in [4.78, 5) is 16.4. The van der Waals surface area contributed by atoms with E-state index >= 15 is 0 Å². The van der Waals surface area contributed by atoms with Gasteiger partial charge in [-0.1, -0.05) is 0 Å². The van der Waals surface area contributed by atoms with E-state index in [4.69, 9.17) is 21.1 Å². The van der Waals surface area contributed by atoms with Crippen LogP contribution >= 0.6 is 22.9 Å². The summed E-state index contributed by atoms with van der Waals surface area (Å²) < 4.78 is 11.6. The van der Waals surface area contributed by atoms with Crippen molar-refractivity contribution in [2.24, 2.45) is 0 Å². The van der Waals surface area contributed by atoms with Gasteiger partial charge in [-0.2, -0.15) is 4.98 Å². The molecule has 1 amide bonds. The van der Waals surface area contributed by atoms with Crippen LogP contribution in [-0.2, 0) is 4.74 Å². The van der Waals surface area contributed by atoms with Crippen LogP contribution in [0.2, 0.25) is 0 Å². The summed E-state index contributed by atoms with van der Waals surface area (Å²) in [5.74, 6) is 1.20. The molecule has 0 aliphatic carbocycles. The number of nitrogens with zero attached hydrogens (tertiary/aromatic N) is 3. The Kier molecular flexibility index (Phi) is 4.63. The number of aromatic nitrogens is 3. The number of hydrogen-bond acceptors (Lipinski definition) is 6. The van der Waals surface area contributed by atoms with Crippen molar-refractivity contribution in [3.63, 3.8) is 0 Å². The summed E-state index contributed by atoms with van der Waals surface area (Å²) >= 11 is 6.89. The number of amides is 1. The molecule has 0 aliphatic rings. The fourth-order valence-corrected chi connectivity index (χ4v) is 2.86. The molecular weight excluding hydrogens is 340 g/mol. The summed E-state index contributed by atoms with van der Waals surface area (Å²) in [5, 5.41) is 8.70. The molecule has 0 radical (unpaired) electrons. The molecule has 2 aromatic heterocycles. The van der Waals surface area contributed by atoms with E-state index in [9.17, 15) is 4.79 Å². The van der Waals surface area contributed by atoms with Crippen molar-refractivity contribution in [3.05, 3.63) is 29.6 Å². The molecule has 7 nitrogen and oxygen atoms in total. The Balaban J connectivity index is 1.83. The molecule has 0 bridgehead atoms. The Labute approximate surface area is 140 Å². The molecule has 3 aromatic rings. The maximum atomic E-state index is 11.5.